The fourth-order valence-corrected chi connectivity index (χ4v) is 2.38. The first-order valence-corrected chi connectivity index (χ1v) is 7.13. The van der Waals surface area contributed by atoms with Gasteiger partial charge in [-0.1, -0.05) is 36.4 Å². The van der Waals surface area contributed by atoms with E-state index in [9.17, 15) is 4.79 Å². The Morgan fingerprint density at radius 1 is 1.17 bits per heavy atom. The Morgan fingerprint density at radius 3 is 2.74 bits per heavy atom. The molecule has 5 nitrogen and oxygen atoms in total. The van der Waals surface area contributed by atoms with Crippen LogP contribution in [0.5, 0.6) is 0 Å². The van der Waals surface area contributed by atoms with Gasteiger partial charge in [-0.2, -0.15) is 5.10 Å². The summed E-state index contributed by atoms with van der Waals surface area (Å²) in [4.78, 5) is 15.6. The number of benzene rings is 2. The molecule has 114 valence electrons. The van der Waals surface area contributed by atoms with Gasteiger partial charge in [0.15, 0.2) is 0 Å². The second-order valence-corrected chi connectivity index (χ2v) is 5.10. The minimum atomic E-state index is -0.980. The number of carboxylic acids is 1. The van der Waals surface area contributed by atoms with Crippen molar-refractivity contribution in [1.82, 2.24) is 4.98 Å². The smallest absolute Gasteiger partial charge is 0.336 e. The lowest BCUT2D eigenvalue weighted by atomic mass is 10.1. The van der Waals surface area contributed by atoms with Gasteiger partial charge in [0.05, 0.1) is 17.3 Å². The molecule has 0 saturated carbocycles. The van der Waals surface area contributed by atoms with E-state index in [0.717, 1.165) is 16.5 Å². The fourth-order valence-electron chi connectivity index (χ4n) is 2.38. The average molecular weight is 305 g/mol. The molecule has 0 radical (unpaired) electrons. The van der Waals surface area contributed by atoms with Gasteiger partial charge in [0, 0.05) is 10.9 Å². The molecule has 2 aromatic carbocycles. The van der Waals surface area contributed by atoms with E-state index in [2.05, 4.69) is 15.5 Å². The summed E-state index contributed by atoms with van der Waals surface area (Å²) in [6, 6.07) is 16.5. The Kier molecular flexibility index (Phi) is 4.01. The van der Waals surface area contributed by atoms with Crippen molar-refractivity contribution in [3.8, 4) is 0 Å². The van der Waals surface area contributed by atoms with E-state index in [-0.39, 0.29) is 5.56 Å². The van der Waals surface area contributed by atoms with E-state index in [1.807, 2.05) is 37.3 Å². The van der Waals surface area contributed by atoms with E-state index >= 15 is 0 Å². The Bertz CT molecular complexity index is 904. The van der Waals surface area contributed by atoms with Gasteiger partial charge in [0.25, 0.3) is 0 Å². The standard InChI is InChI=1S/C18H15N3O2/c1-12-10-17(20-16-9-5-4-7-14(12)16)21-19-11-13-6-2-3-8-15(13)18(22)23/h2-11H,1H3,(H,20,21)(H,22,23)/b19-11+. The summed E-state index contributed by atoms with van der Waals surface area (Å²) in [6.07, 6.45) is 1.48. The third-order valence-corrected chi connectivity index (χ3v) is 3.50. The number of hydrogen-bond acceptors (Lipinski definition) is 4. The molecule has 1 aromatic heterocycles. The van der Waals surface area contributed by atoms with E-state index in [1.54, 1.807) is 24.3 Å². The van der Waals surface area contributed by atoms with Crippen LogP contribution < -0.4 is 5.43 Å². The highest BCUT2D eigenvalue weighted by Gasteiger charge is 2.06. The van der Waals surface area contributed by atoms with Crippen LogP contribution in [0.25, 0.3) is 10.9 Å². The SMILES string of the molecule is Cc1cc(N/N=C/c2ccccc2C(=O)O)nc2ccccc12. The van der Waals surface area contributed by atoms with E-state index in [4.69, 9.17) is 5.11 Å². The lowest BCUT2D eigenvalue weighted by Gasteiger charge is -2.05. The highest BCUT2D eigenvalue weighted by molar-refractivity contribution is 5.98. The highest BCUT2D eigenvalue weighted by Crippen LogP contribution is 2.19. The largest absolute Gasteiger partial charge is 0.478 e. The van der Waals surface area contributed by atoms with Crippen molar-refractivity contribution in [2.45, 2.75) is 6.92 Å². The molecule has 5 heteroatoms. The minimum absolute atomic E-state index is 0.209. The first-order valence-electron chi connectivity index (χ1n) is 7.13. The normalized spacial score (nSPS) is 11.0. The van der Waals surface area contributed by atoms with Crippen LogP contribution in [0.15, 0.2) is 59.7 Å². The second kappa shape index (κ2) is 6.27. The summed E-state index contributed by atoms with van der Waals surface area (Å²) in [5, 5.41) is 14.3. The van der Waals surface area contributed by atoms with E-state index < -0.39 is 5.97 Å². The summed E-state index contributed by atoms with van der Waals surface area (Å²) < 4.78 is 0. The Morgan fingerprint density at radius 2 is 1.91 bits per heavy atom. The molecule has 3 rings (SSSR count). The number of fused-ring (bicyclic) bond motifs is 1. The molecule has 0 unspecified atom stereocenters. The second-order valence-electron chi connectivity index (χ2n) is 5.10. The maximum atomic E-state index is 11.2. The number of aromatic nitrogens is 1. The number of carboxylic acid groups (broad SMARTS) is 1. The number of hydrazone groups is 1. The molecular weight excluding hydrogens is 290 g/mol. The fraction of sp³-hybridized carbons (Fsp3) is 0.0556. The van der Waals surface area contributed by atoms with Crippen LogP contribution in [-0.2, 0) is 0 Å². The third-order valence-electron chi connectivity index (χ3n) is 3.50. The first kappa shape index (κ1) is 14.7. The van der Waals surface area contributed by atoms with Crippen LogP contribution in [0.2, 0.25) is 0 Å². The number of hydrogen-bond donors (Lipinski definition) is 2. The monoisotopic (exact) mass is 305 g/mol. The number of anilines is 1. The molecular formula is C18H15N3O2. The van der Waals surface area contributed by atoms with Crippen molar-refractivity contribution in [3.05, 3.63) is 71.3 Å². The molecule has 0 atom stereocenters. The molecule has 23 heavy (non-hydrogen) atoms. The van der Waals surface area contributed by atoms with Crippen molar-refractivity contribution in [2.75, 3.05) is 5.43 Å². The Hall–Kier alpha value is -3.21. The predicted molar refractivity (Wildman–Crippen MR) is 91.1 cm³/mol. The molecule has 0 aliphatic rings. The van der Waals surface area contributed by atoms with Gasteiger partial charge in [-0.25, -0.2) is 9.78 Å². The molecule has 0 fully saturated rings. The van der Waals surface area contributed by atoms with Crippen molar-refractivity contribution >= 4 is 28.9 Å². The third kappa shape index (κ3) is 3.18. The average Bonchev–Trinajstić information content (AvgIpc) is 2.55. The molecule has 2 N–H and O–H groups in total. The van der Waals surface area contributed by atoms with Gasteiger partial charge in [0.1, 0.15) is 5.82 Å². The van der Waals surface area contributed by atoms with E-state index in [1.165, 1.54) is 6.21 Å². The van der Waals surface area contributed by atoms with Gasteiger partial charge >= 0.3 is 5.97 Å². The van der Waals surface area contributed by atoms with Crippen molar-refractivity contribution < 1.29 is 9.90 Å². The molecule has 1 heterocycles. The maximum absolute atomic E-state index is 11.2. The van der Waals surface area contributed by atoms with Crippen molar-refractivity contribution in [2.24, 2.45) is 5.10 Å². The van der Waals surface area contributed by atoms with Gasteiger partial charge in [-0.15, -0.1) is 0 Å². The molecule has 0 aliphatic heterocycles. The molecule has 0 amide bonds. The number of nitrogens with zero attached hydrogens (tertiary/aromatic N) is 2. The lowest BCUT2D eigenvalue weighted by molar-refractivity contribution is 0.0697. The van der Waals surface area contributed by atoms with E-state index in [0.29, 0.717) is 11.4 Å². The van der Waals surface area contributed by atoms with Crippen molar-refractivity contribution in [3.63, 3.8) is 0 Å². The molecule has 0 saturated heterocycles. The Balaban J connectivity index is 1.85. The van der Waals surface area contributed by atoms with Crippen LogP contribution in [-0.4, -0.2) is 22.3 Å². The first-order chi connectivity index (χ1) is 11.1. The maximum Gasteiger partial charge on any atom is 0.336 e. The minimum Gasteiger partial charge on any atom is -0.478 e. The number of para-hydroxylation sites is 1. The van der Waals surface area contributed by atoms with Crippen molar-refractivity contribution in [1.29, 1.82) is 0 Å². The number of pyridine rings is 1. The summed E-state index contributed by atoms with van der Waals surface area (Å²) >= 11 is 0. The topological polar surface area (TPSA) is 74.6 Å². The van der Waals surface area contributed by atoms with Crippen LogP contribution in [0.3, 0.4) is 0 Å². The summed E-state index contributed by atoms with van der Waals surface area (Å²) in [5.41, 5.74) is 5.58. The summed E-state index contributed by atoms with van der Waals surface area (Å²) in [7, 11) is 0. The molecule has 0 bridgehead atoms. The molecule has 0 aliphatic carbocycles. The van der Waals surface area contributed by atoms with Gasteiger partial charge in [-0.3, -0.25) is 5.43 Å². The summed E-state index contributed by atoms with van der Waals surface area (Å²) in [5.74, 6) is -0.364. The Labute approximate surface area is 133 Å². The summed E-state index contributed by atoms with van der Waals surface area (Å²) in [6.45, 7) is 2.01. The van der Waals surface area contributed by atoms with Crippen LogP contribution in [0.1, 0.15) is 21.5 Å². The molecule has 0 spiro atoms. The van der Waals surface area contributed by atoms with Gasteiger partial charge < -0.3 is 5.11 Å². The number of rotatable bonds is 4. The number of aryl methyl sites for hydroxylation is 1. The molecule has 3 aromatic rings. The predicted octanol–water partition coefficient (Wildman–Crippen LogP) is 3.69. The van der Waals surface area contributed by atoms with Gasteiger partial charge in [0.2, 0.25) is 0 Å². The highest BCUT2D eigenvalue weighted by atomic mass is 16.4. The van der Waals surface area contributed by atoms with Crippen LogP contribution >= 0.6 is 0 Å². The lowest BCUT2D eigenvalue weighted by Crippen LogP contribution is -2.02. The van der Waals surface area contributed by atoms with Crippen LogP contribution in [0, 0.1) is 6.92 Å². The number of carbonyl (C=O) groups is 1. The zero-order chi connectivity index (χ0) is 16.2. The van der Waals surface area contributed by atoms with Gasteiger partial charge in [-0.05, 0) is 30.7 Å². The number of nitrogens with one attached hydrogen (secondary N) is 1. The zero-order valence-electron chi connectivity index (χ0n) is 12.5. The number of aromatic carboxylic acids is 1. The quantitative estimate of drug-likeness (QED) is 0.569. The van der Waals surface area contributed by atoms with Crippen LogP contribution in [0.4, 0.5) is 5.82 Å². The zero-order valence-corrected chi connectivity index (χ0v) is 12.5.